The van der Waals surface area contributed by atoms with Gasteiger partial charge in [-0.15, -0.1) is 0 Å². The van der Waals surface area contributed by atoms with E-state index in [0.29, 0.717) is 17.9 Å². The van der Waals surface area contributed by atoms with E-state index in [-0.39, 0.29) is 0 Å². The molecule has 2 aliphatic rings. The van der Waals surface area contributed by atoms with Crippen LogP contribution in [0.25, 0.3) is 0 Å². The standard InChI is InChI=1S/C10H18N2O/c1-11(2)9-5-6-12(7-9)10(13)8-3-4-8/h8-9H,3-7H2,1-2H3. The summed E-state index contributed by atoms with van der Waals surface area (Å²) in [5.41, 5.74) is 0. The smallest absolute Gasteiger partial charge is 0.225 e. The Morgan fingerprint density at radius 1 is 1.31 bits per heavy atom. The summed E-state index contributed by atoms with van der Waals surface area (Å²) in [5.74, 6) is 0.797. The molecule has 2 rings (SSSR count). The maximum atomic E-state index is 11.7. The van der Waals surface area contributed by atoms with E-state index in [1.165, 1.54) is 0 Å². The van der Waals surface area contributed by atoms with Crippen molar-refractivity contribution >= 4 is 5.91 Å². The number of amides is 1. The fraction of sp³-hybridized carbons (Fsp3) is 0.900. The number of nitrogens with zero attached hydrogens (tertiary/aromatic N) is 2. The van der Waals surface area contributed by atoms with Crippen LogP contribution in [0.5, 0.6) is 0 Å². The highest BCUT2D eigenvalue weighted by Gasteiger charge is 2.36. The van der Waals surface area contributed by atoms with Crippen molar-refractivity contribution in [2.24, 2.45) is 5.92 Å². The molecule has 1 atom stereocenters. The minimum absolute atomic E-state index is 0.390. The van der Waals surface area contributed by atoms with Crippen LogP contribution in [0.3, 0.4) is 0 Å². The van der Waals surface area contributed by atoms with Gasteiger partial charge in [0.25, 0.3) is 0 Å². The third kappa shape index (κ3) is 1.85. The van der Waals surface area contributed by atoms with Gasteiger partial charge in [0, 0.05) is 25.0 Å². The van der Waals surface area contributed by atoms with E-state index in [2.05, 4.69) is 19.0 Å². The Balaban J connectivity index is 1.86. The summed E-state index contributed by atoms with van der Waals surface area (Å²) >= 11 is 0. The topological polar surface area (TPSA) is 23.6 Å². The fourth-order valence-corrected chi connectivity index (χ4v) is 1.95. The van der Waals surface area contributed by atoms with Crippen LogP contribution < -0.4 is 0 Å². The van der Waals surface area contributed by atoms with E-state index >= 15 is 0 Å². The number of likely N-dealkylation sites (N-methyl/N-ethyl adjacent to an activating group) is 1. The first-order valence-corrected chi connectivity index (χ1v) is 5.13. The Hall–Kier alpha value is -0.570. The van der Waals surface area contributed by atoms with Crippen molar-refractivity contribution < 1.29 is 4.79 Å². The summed E-state index contributed by atoms with van der Waals surface area (Å²) in [4.78, 5) is 15.9. The van der Waals surface area contributed by atoms with Crippen LogP contribution in [0.2, 0.25) is 0 Å². The highest BCUT2D eigenvalue weighted by Crippen LogP contribution is 2.32. The van der Waals surface area contributed by atoms with Crippen LogP contribution in [0, 0.1) is 5.92 Å². The highest BCUT2D eigenvalue weighted by atomic mass is 16.2. The molecule has 0 spiro atoms. The quantitative estimate of drug-likeness (QED) is 0.623. The number of likely N-dealkylation sites (tertiary alicyclic amines) is 1. The van der Waals surface area contributed by atoms with E-state index in [1.54, 1.807) is 0 Å². The minimum Gasteiger partial charge on any atom is -0.341 e. The van der Waals surface area contributed by atoms with Crippen LogP contribution >= 0.6 is 0 Å². The van der Waals surface area contributed by atoms with Crippen molar-refractivity contribution in [3.63, 3.8) is 0 Å². The molecule has 0 aromatic carbocycles. The van der Waals surface area contributed by atoms with Gasteiger partial charge in [-0.25, -0.2) is 0 Å². The molecule has 0 radical (unpaired) electrons. The first kappa shape index (κ1) is 9.00. The first-order chi connectivity index (χ1) is 6.18. The van der Waals surface area contributed by atoms with Gasteiger partial charge in [-0.05, 0) is 33.4 Å². The molecule has 74 valence electrons. The lowest BCUT2D eigenvalue weighted by Gasteiger charge is -2.20. The van der Waals surface area contributed by atoms with E-state index in [4.69, 9.17) is 0 Å². The predicted molar refractivity (Wildman–Crippen MR) is 51.4 cm³/mol. The summed E-state index contributed by atoms with van der Waals surface area (Å²) in [6.45, 7) is 1.92. The number of carbonyl (C=O) groups excluding carboxylic acids is 1. The first-order valence-electron chi connectivity index (χ1n) is 5.13. The van der Waals surface area contributed by atoms with Crippen LogP contribution in [0.4, 0.5) is 0 Å². The van der Waals surface area contributed by atoms with Gasteiger partial charge in [-0.2, -0.15) is 0 Å². The van der Waals surface area contributed by atoms with Crippen molar-refractivity contribution in [1.29, 1.82) is 0 Å². The maximum absolute atomic E-state index is 11.7. The zero-order valence-corrected chi connectivity index (χ0v) is 8.49. The van der Waals surface area contributed by atoms with Crippen molar-refractivity contribution in [2.75, 3.05) is 27.2 Å². The lowest BCUT2D eigenvalue weighted by atomic mass is 10.2. The molecule has 3 heteroatoms. The summed E-state index contributed by atoms with van der Waals surface area (Å²) < 4.78 is 0. The Labute approximate surface area is 79.7 Å². The van der Waals surface area contributed by atoms with Crippen molar-refractivity contribution in [3.8, 4) is 0 Å². The van der Waals surface area contributed by atoms with Crippen molar-refractivity contribution in [1.82, 2.24) is 9.80 Å². The largest absolute Gasteiger partial charge is 0.341 e. The van der Waals surface area contributed by atoms with E-state index < -0.39 is 0 Å². The summed E-state index contributed by atoms with van der Waals surface area (Å²) in [5, 5.41) is 0. The molecule has 1 unspecified atom stereocenters. The number of hydrogen-bond donors (Lipinski definition) is 0. The average Bonchev–Trinajstić information content (AvgIpc) is 2.81. The Morgan fingerprint density at radius 2 is 2.00 bits per heavy atom. The van der Waals surface area contributed by atoms with Crippen LogP contribution in [-0.4, -0.2) is 48.9 Å². The number of rotatable bonds is 2. The zero-order valence-electron chi connectivity index (χ0n) is 8.49. The molecule has 0 aromatic rings. The van der Waals surface area contributed by atoms with Gasteiger partial charge in [-0.1, -0.05) is 0 Å². The van der Waals surface area contributed by atoms with E-state index in [0.717, 1.165) is 32.4 Å². The lowest BCUT2D eigenvalue weighted by molar-refractivity contribution is -0.131. The molecule has 1 saturated heterocycles. The molecular formula is C10H18N2O. The lowest BCUT2D eigenvalue weighted by Crippen LogP contribution is -2.35. The fourth-order valence-electron chi connectivity index (χ4n) is 1.95. The van der Waals surface area contributed by atoms with Crippen LogP contribution in [0.1, 0.15) is 19.3 Å². The van der Waals surface area contributed by atoms with Gasteiger partial charge in [0.15, 0.2) is 0 Å². The summed E-state index contributed by atoms with van der Waals surface area (Å²) in [6.07, 6.45) is 3.40. The number of hydrogen-bond acceptors (Lipinski definition) is 2. The SMILES string of the molecule is CN(C)C1CCN(C(=O)C2CC2)C1. The van der Waals surface area contributed by atoms with Gasteiger partial charge in [0.2, 0.25) is 5.91 Å². The second kappa shape index (κ2) is 3.29. The normalized spacial score (nSPS) is 28.5. The monoisotopic (exact) mass is 182 g/mol. The van der Waals surface area contributed by atoms with Gasteiger partial charge in [-0.3, -0.25) is 4.79 Å². The molecule has 0 bridgehead atoms. The van der Waals surface area contributed by atoms with E-state index in [9.17, 15) is 4.79 Å². The van der Waals surface area contributed by atoms with Crippen LogP contribution in [-0.2, 0) is 4.79 Å². The molecule has 0 aromatic heterocycles. The van der Waals surface area contributed by atoms with Crippen molar-refractivity contribution in [2.45, 2.75) is 25.3 Å². The molecule has 1 aliphatic heterocycles. The second-order valence-electron chi connectivity index (χ2n) is 4.46. The highest BCUT2D eigenvalue weighted by molar-refractivity contribution is 5.81. The molecule has 3 nitrogen and oxygen atoms in total. The molecule has 1 heterocycles. The Kier molecular flexibility index (Phi) is 2.28. The molecule has 2 fully saturated rings. The minimum atomic E-state index is 0.390. The molecule has 1 amide bonds. The van der Waals surface area contributed by atoms with Gasteiger partial charge < -0.3 is 9.80 Å². The van der Waals surface area contributed by atoms with Crippen molar-refractivity contribution in [3.05, 3.63) is 0 Å². The van der Waals surface area contributed by atoms with Gasteiger partial charge in [0.05, 0.1) is 0 Å². The molecule has 13 heavy (non-hydrogen) atoms. The van der Waals surface area contributed by atoms with Gasteiger partial charge in [0.1, 0.15) is 0 Å². The molecule has 1 saturated carbocycles. The maximum Gasteiger partial charge on any atom is 0.225 e. The Morgan fingerprint density at radius 3 is 2.46 bits per heavy atom. The number of carbonyl (C=O) groups is 1. The van der Waals surface area contributed by atoms with Crippen LogP contribution in [0.15, 0.2) is 0 Å². The second-order valence-corrected chi connectivity index (χ2v) is 4.46. The predicted octanol–water partition coefficient (Wildman–Crippen LogP) is 0.559. The van der Waals surface area contributed by atoms with Gasteiger partial charge >= 0.3 is 0 Å². The third-order valence-corrected chi connectivity index (χ3v) is 3.13. The molecule has 1 aliphatic carbocycles. The summed E-state index contributed by atoms with van der Waals surface area (Å²) in [6, 6.07) is 0.586. The summed E-state index contributed by atoms with van der Waals surface area (Å²) in [7, 11) is 4.19. The average molecular weight is 182 g/mol. The molecular weight excluding hydrogens is 164 g/mol. The Bertz CT molecular complexity index is 211. The molecule has 0 N–H and O–H groups in total. The van der Waals surface area contributed by atoms with E-state index in [1.807, 2.05) is 4.90 Å². The third-order valence-electron chi connectivity index (χ3n) is 3.13. The zero-order chi connectivity index (χ0) is 9.42.